The van der Waals surface area contributed by atoms with Gasteiger partial charge >= 0.3 is 5.97 Å². The summed E-state index contributed by atoms with van der Waals surface area (Å²) in [6.45, 7) is 4.37. The number of carbonyl (C=O) groups is 1. The molecule has 0 amide bonds. The minimum Gasteiger partial charge on any atom is -0.465 e. The Kier molecular flexibility index (Phi) is 6.91. The van der Waals surface area contributed by atoms with Gasteiger partial charge < -0.3 is 15.8 Å². The van der Waals surface area contributed by atoms with Gasteiger partial charge in [0.25, 0.3) is 0 Å². The van der Waals surface area contributed by atoms with Gasteiger partial charge in [0.2, 0.25) is 0 Å². The molecule has 0 aromatic heterocycles. The number of anilines is 2. The van der Waals surface area contributed by atoms with Crippen molar-refractivity contribution in [3.8, 4) is 0 Å². The number of hydrogen-bond acceptors (Lipinski definition) is 4. The number of rotatable bonds is 8. The van der Waals surface area contributed by atoms with Crippen molar-refractivity contribution < 1.29 is 9.53 Å². The van der Waals surface area contributed by atoms with E-state index >= 15 is 0 Å². The Morgan fingerprint density at radius 3 is 2.65 bits per heavy atom. The van der Waals surface area contributed by atoms with Gasteiger partial charge in [0, 0.05) is 6.04 Å². The lowest BCUT2D eigenvalue weighted by Gasteiger charge is -2.20. The number of methoxy groups -OCH3 is 1. The van der Waals surface area contributed by atoms with Crippen LogP contribution >= 0.6 is 0 Å². The lowest BCUT2D eigenvalue weighted by atomic mass is 10.0. The zero-order valence-electron chi connectivity index (χ0n) is 12.7. The Bertz CT molecular complexity index is 432. The molecule has 1 rings (SSSR count). The molecule has 0 aliphatic carbocycles. The molecule has 0 saturated heterocycles. The average molecular weight is 278 g/mol. The zero-order chi connectivity index (χ0) is 15.0. The summed E-state index contributed by atoms with van der Waals surface area (Å²) in [7, 11) is 1.38. The van der Waals surface area contributed by atoms with Gasteiger partial charge in [-0.25, -0.2) is 4.79 Å². The monoisotopic (exact) mass is 278 g/mol. The molecule has 1 aromatic carbocycles. The Morgan fingerprint density at radius 2 is 2.05 bits per heavy atom. The molecule has 0 aliphatic rings. The van der Waals surface area contributed by atoms with E-state index in [1.807, 2.05) is 0 Å². The van der Waals surface area contributed by atoms with Crippen LogP contribution in [0, 0.1) is 0 Å². The number of carbonyl (C=O) groups excluding carboxylic acids is 1. The summed E-state index contributed by atoms with van der Waals surface area (Å²) in [5.41, 5.74) is 8.00. The van der Waals surface area contributed by atoms with Crippen LogP contribution in [0.15, 0.2) is 18.2 Å². The molecular formula is C16H26N2O2. The van der Waals surface area contributed by atoms with E-state index in [-0.39, 0.29) is 5.97 Å². The lowest BCUT2D eigenvalue weighted by molar-refractivity contribution is 0.0601. The van der Waals surface area contributed by atoms with Crippen molar-refractivity contribution in [1.29, 1.82) is 0 Å². The number of unbranched alkanes of at least 4 members (excludes halogenated alkanes) is 1. The Hall–Kier alpha value is -1.71. The topological polar surface area (TPSA) is 64.3 Å². The highest BCUT2D eigenvalue weighted by Gasteiger charge is 2.12. The first-order valence-electron chi connectivity index (χ1n) is 7.36. The second kappa shape index (κ2) is 8.46. The van der Waals surface area contributed by atoms with Gasteiger partial charge in [-0.3, -0.25) is 0 Å². The molecule has 4 nitrogen and oxygen atoms in total. The summed E-state index contributed by atoms with van der Waals surface area (Å²) in [6, 6.07) is 5.61. The molecular weight excluding hydrogens is 252 g/mol. The number of nitrogen functional groups attached to an aromatic ring is 1. The van der Waals surface area contributed by atoms with Crippen LogP contribution in [0.5, 0.6) is 0 Å². The normalized spacial score (nSPS) is 11.9. The highest BCUT2D eigenvalue weighted by atomic mass is 16.5. The fourth-order valence-corrected chi connectivity index (χ4v) is 2.23. The summed E-state index contributed by atoms with van der Waals surface area (Å²) in [6.07, 6.45) is 5.71. The average Bonchev–Trinajstić information content (AvgIpc) is 2.46. The van der Waals surface area contributed by atoms with Crippen molar-refractivity contribution in [1.82, 2.24) is 0 Å². The first-order valence-corrected chi connectivity index (χ1v) is 7.36. The molecule has 0 aliphatic heterocycles. The largest absolute Gasteiger partial charge is 0.465 e. The van der Waals surface area contributed by atoms with Crippen molar-refractivity contribution in [2.24, 2.45) is 0 Å². The first-order chi connectivity index (χ1) is 9.62. The number of hydrogen-bond donors (Lipinski definition) is 2. The van der Waals surface area contributed by atoms with E-state index in [0.717, 1.165) is 24.9 Å². The third-order valence-electron chi connectivity index (χ3n) is 3.38. The molecule has 112 valence electrons. The summed E-state index contributed by atoms with van der Waals surface area (Å²) >= 11 is 0. The lowest BCUT2D eigenvalue weighted by Crippen LogP contribution is -2.20. The van der Waals surface area contributed by atoms with Crippen molar-refractivity contribution in [3.05, 3.63) is 23.8 Å². The van der Waals surface area contributed by atoms with Crippen LogP contribution in [0.4, 0.5) is 11.4 Å². The highest BCUT2D eigenvalue weighted by Crippen LogP contribution is 2.23. The molecule has 1 aromatic rings. The van der Waals surface area contributed by atoms with Gasteiger partial charge in [0.15, 0.2) is 0 Å². The number of esters is 1. The van der Waals surface area contributed by atoms with Crippen LogP contribution in [0.3, 0.4) is 0 Å². The molecule has 0 spiro atoms. The van der Waals surface area contributed by atoms with E-state index in [0.29, 0.717) is 17.3 Å². The Labute approximate surface area is 121 Å². The second-order valence-electron chi connectivity index (χ2n) is 5.07. The van der Waals surface area contributed by atoms with Crippen molar-refractivity contribution >= 4 is 17.3 Å². The molecule has 1 unspecified atom stereocenters. The minimum absolute atomic E-state index is 0.339. The van der Waals surface area contributed by atoms with Crippen LogP contribution < -0.4 is 11.1 Å². The maximum atomic E-state index is 11.6. The zero-order valence-corrected chi connectivity index (χ0v) is 12.7. The van der Waals surface area contributed by atoms with Gasteiger partial charge in [-0.15, -0.1) is 0 Å². The molecule has 3 N–H and O–H groups in total. The fraction of sp³-hybridized carbons (Fsp3) is 0.562. The maximum Gasteiger partial charge on any atom is 0.337 e. The highest BCUT2D eigenvalue weighted by molar-refractivity contribution is 5.91. The minimum atomic E-state index is -0.339. The van der Waals surface area contributed by atoms with Crippen LogP contribution in [0.2, 0.25) is 0 Å². The van der Waals surface area contributed by atoms with Crippen molar-refractivity contribution in [2.75, 3.05) is 18.2 Å². The van der Waals surface area contributed by atoms with E-state index in [9.17, 15) is 4.79 Å². The van der Waals surface area contributed by atoms with Crippen LogP contribution in [-0.2, 0) is 4.74 Å². The number of benzene rings is 1. The molecule has 0 saturated carbocycles. The summed E-state index contributed by atoms with van der Waals surface area (Å²) in [4.78, 5) is 11.6. The van der Waals surface area contributed by atoms with Crippen molar-refractivity contribution in [2.45, 2.75) is 52.0 Å². The van der Waals surface area contributed by atoms with E-state index in [2.05, 4.69) is 19.2 Å². The van der Waals surface area contributed by atoms with E-state index in [1.54, 1.807) is 18.2 Å². The number of nitrogens with two attached hydrogens (primary N) is 1. The Balaban J connectivity index is 2.84. The molecule has 0 heterocycles. The second-order valence-corrected chi connectivity index (χ2v) is 5.07. The summed E-state index contributed by atoms with van der Waals surface area (Å²) in [5.74, 6) is -0.339. The number of ether oxygens (including phenoxy) is 1. The third kappa shape index (κ3) is 4.76. The van der Waals surface area contributed by atoms with Crippen LogP contribution in [0.1, 0.15) is 56.3 Å². The smallest absolute Gasteiger partial charge is 0.337 e. The molecule has 1 atom stereocenters. The standard InChI is InChI=1S/C16H26N2O2/c1-4-6-8-13(7-5-2)18-15-11-12(16(19)20-3)9-10-14(15)17/h9-11,13,18H,4-8,17H2,1-3H3. The predicted octanol–water partition coefficient (Wildman–Crippen LogP) is 3.83. The maximum absolute atomic E-state index is 11.6. The van der Waals surface area contributed by atoms with Gasteiger partial charge in [-0.2, -0.15) is 0 Å². The SMILES string of the molecule is CCCCC(CCC)Nc1cc(C(=O)OC)ccc1N. The number of nitrogens with one attached hydrogen (secondary N) is 1. The third-order valence-corrected chi connectivity index (χ3v) is 3.38. The van der Waals surface area contributed by atoms with E-state index in [4.69, 9.17) is 10.5 Å². The van der Waals surface area contributed by atoms with Gasteiger partial charge in [0.05, 0.1) is 24.0 Å². The molecule has 20 heavy (non-hydrogen) atoms. The quantitative estimate of drug-likeness (QED) is 0.560. The molecule has 0 radical (unpaired) electrons. The van der Waals surface area contributed by atoms with E-state index in [1.165, 1.54) is 20.0 Å². The van der Waals surface area contributed by atoms with Gasteiger partial charge in [-0.05, 0) is 31.0 Å². The Morgan fingerprint density at radius 1 is 1.30 bits per heavy atom. The molecule has 0 fully saturated rings. The van der Waals surface area contributed by atoms with Gasteiger partial charge in [-0.1, -0.05) is 33.1 Å². The predicted molar refractivity (Wildman–Crippen MR) is 84.0 cm³/mol. The summed E-state index contributed by atoms with van der Waals surface area (Å²) < 4.78 is 4.74. The van der Waals surface area contributed by atoms with E-state index < -0.39 is 0 Å². The molecule has 4 heteroatoms. The van der Waals surface area contributed by atoms with Gasteiger partial charge in [0.1, 0.15) is 0 Å². The van der Waals surface area contributed by atoms with Crippen LogP contribution in [-0.4, -0.2) is 19.1 Å². The van der Waals surface area contributed by atoms with Crippen LogP contribution in [0.25, 0.3) is 0 Å². The summed E-state index contributed by atoms with van der Waals surface area (Å²) in [5, 5.41) is 3.47. The van der Waals surface area contributed by atoms with Crippen molar-refractivity contribution in [3.63, 3.8) is 0 Å². The first kappa shape index (κ1) is 16.3. The fourth-order valence-electron chi connectivity index (χ4n) is 2.23. The molecule has 0 bridgehead atoms.